The zero-order valence-corrected chi connectivity index (χ0v) is 12.1. The minimum Gasteiger partial charge on any atom is -0.389 e. The number of likely N-dealkylation sites (tertiary alicyclic amines) is 1. The molecule has 1 aromatic rings. The summed E-state index contributed by atoms with van der Waals surface area (Å²) >= 11 is 0. The summed E-state index contributed by atoms with van der Waals surface area (Å²) in [6, 6.07) is 5.85. The van der Waals surface area contributed by atoms with Gasteiger partial charge in [0, 0.05) is 12.1 Å². The van der Waals surface area contributed by atoms with E-state index in [1.54, 1.807) is 0 Å². The van der Waals surface area contributed by atoms with Gasteiger partial charge in [-0.3, -0.25) is 9.69 Å². The highest BCUT2D eigenvalue weighted by atomic mass is 16.3. The van der Waals surface area contributed by atoms with E-state index in [4.69, 9.17) is 0 Å². The van der Waals surface area contributed by atoms with Crippen LogP contribution in [0.25, 0.3) is 0 Å². The number of Topliss-reactive ketones (excluding diaryl/α,β-unsaturated/α-hetero) is 1. The quantitative estimate of drug-likeness (QED) is 0.849. The molecule has 0 amide bonds. The summed E-state index contributed by atoms with van der Waals surface area (Å²) in [4.78, 5) is 14.3. The molecule has 19 heavy (non-hydrogen) atoms. The average Bonchev–Trinajstić information content (AvgIpc) is 2.31. The van der Waals surface area contributed by atoms with Gasteiger partial charge in [-0.2, -0.15) is 0 Å². The number of aliphatic hydroxyl groups is 1. The van der Waals surface area contributed by atoms with E-state index < -0.39 is 5.60 Å². The van der Waals surface area contributed by atoms with Crippen molar-refractivity contribution in [3.05, 3.63) is 34.9 Å². The Morgan fingerprint density at radius 2 is 2.11 bits per heavy atom. The third kappa shape index (κ3) is 3.64. The third-order valence-corrected chi connectivity index (χ3v) is 3.95. The molecule has 1 aliphatic rings. The van der Waals surface area contributed by atoms with Gasteiger partial charge in [0.05, 0.1) is 12.1 Å². The Kier molecular flexibility index (Phi) is 4.07. The molecule has 2 rings (SSSR count). The van der Waals surface area contributed by atoms with Gasteiger partial charge in [-0.25, -0.2) is 0 Å². The molecule has 3 heteroatoms. The molecule has 1 aromatic carbocycles. The number of carbonyl (C=O) groups is 1. The largest absolute Gasteiger partial charge is 0.389 e. The van der Waals surface area contributed by atoms with Crippen molar-refractivity contribution in [3.63, 3.8) is 0 Å². The van der Waals surface area contributed by atoms with Crippen LogP contribution in [-0.2, 0) is 0 Å². The lowest BCUT2D eigenvalue weighted by Gasteiger charge is -2.36. The van der Waals surface area contributed by atoms with E-state index in [0.717, 1.165) is 30.5 Å². The van der Waals surface area contributed by atoms with Gasteiger partial charge in [-0.1, -0.05) is 12.1 Å². The van der Waals surface area contributed by atoms with Gasteiger partial charge in [-0.15, -0.1) is 0 Å². The highest BCUT2D eigenvalue weighted by Crippen LogP contribution is 2.20. The molecule has 0 aromatic heterocycles. The first-order valence-corrected chi connectivity index (χ1v) is 6.93. The molecule has 104 valence electrons. The summed E-state index contributed by atoms with van der Waals surface area (Å²) in [5.41, 5.74) is 2.48. The van der Waals surface area contributed by atoms with Crippen molar-refractivity contribution in [2.45, 2.75) is 39.2 Å². The number of hydrogen-bond donors (Lipinski definition) is 1. The number of nitrogens with zero attached hydrogens (tertiary/aromatic N) is 1. The van der Waals surface area contributed by atoms with Crippen LogP contribution in [0.4, 0.5) is 0 Å². The van der Waals surface area contributed by atoms with Gasteiger partial charge < -0.3 is 5.11 Å². The Hall–Kier alpha value is -1.19. The first-order valence-electron chi connectivity index (χ1n) is 6.93. The van der Waals surface area contributed by atoms with Crippen LogP contribution in [0.1, 0.15) is 41.3 Å². The number of rotatable bonds is 3. The molecule has 0 bridgehead atoms. The van der Waals surface area contributed by atoms with Crippen LogP contribution in [0.3, 0.4) is 0 Å². The number of hydrogen-bond acceptors (Lipinski definition) is 3. The van der Waals surface area contributed by atoms with Crippen LogP contribution in [0.15, 0.2) is 18.2 Å². The van der Waals surface area contributed by atoms with Crippen LogP contribution >= 0.6 is 0 Å². The number of β-amino-alcohol motifs (C(OH)–C–C–N with tert-alkyl or cyclic N) is 1. The van der Waals surface area contributed by atoms with Crippen molar-refractivity contribution in [1.29, 1.82) is 0 Å². The van der Waals surface area contributed by atoms with Gasteiger partial charge in [0.25, 0.3) is 0 Å². The monoisotopic (exact) mass is 261 g/mol. The number of carbonyl (C=O) groups excluding carboxylic acids is 1. The van der Waals surface area contributed by atoms with Crippen LogP contribution in [-0.4, -0.2) is 41.0 Å². The van der Waals surface area contributed by atoms with Crippen LogP contribution in [0.5, 0.6) is 0 Å². The molecule has 0 radical (unpaired) electrons. The van der Waals surface area contributed by atoms with E-state index >= 15 is 0 Å². The van der Waals surface area contributed by atoms with Gasteiger partial charge in [0.1, 0.15) is 0 Å². The summed E-state index contributed by atoms with van der Waals surface area (Å²) in [5.74, 6) is 0.140. The maximum absolute atomic E-state index is 12.3. The average molecular weight is 261 g/mol. The lowest BCUT2D eigenvalue weighted by molar-refractivity contribution is -0.0132. The van der Waals surface area contributed by atoms with Crippen LogP contribution in [0.2, 0.25) is 0 Å². The SMILES string of the molecule is Cc1ccc(C(=O)CN2CCCC(C)(O)C2)cc1C. The molecule has 1 saturated heterocycles. The minimum absolute atomic E-state index is 0.140. The number of aryl methyl sites for hydroxylation is 2. The molecule has 1 fully saturated rings. The Morgan fingerprint density at radius 1 is 1.37 bits per heavy atom. The Morgan fingerprint density at radius 3 is 2.74 bits per heavy atom. The molecule has 0 saturated carbocycles. The summed E-state index contributed by atoms with van der Waals surface area (Å²) in [5, 5.41) is 10.1. The van der Waals surface area contributed by atoms with Gasteiger partial charge in [-0.05, 0) is 57.4 Å². The van der Waals surface area contributed by atoms with E-state index in [0.29, 0.717) is 13.1 Å². The Labute approximate surface area is 115 Å². The normalized spacial score (nSPS) is 24.4. The van der Waals surface area contributed by atoms with E-state index in [9.17, 15) is 9.90 Å². The van der Waals surface area contributed by atoms with Crippen molar-refractivity contribution in [2.75, 3.05) is 19.6 Å². The van der Waals surface area contributed by atoms with Gasteiger partial charge >= 0.3 is 0 Å². The van der Waals surface area contributed by atoms with Gasteiger partial charge in [0.2, 0.25) is 0 Å². The van der Waals surface area contributed by atoms with Crippen molar-refractivity contribution in [3.8, 4) is 0 Å². The van der Waals surface area contributed by atoms with E-state index in [1.807, 2.05) is 39.0 Å². The van der Waals surface area contributed by atoms with Crippen LogP contribution in [0, 0.1) is 13.8 Å². The molecule has 1 N–H and O–H groups in total. The molecule has 0 aliphatic carbocycles. The Balaban J connectivity index is 2.02. The predicted molar refractivity (Wildman–Crippen MR) is 76.5 cm³/mol. The fourth-order valence-electron chi connectivity index (χ4n) is 2.67. The molecule has 1 aliphatic heterocycles. The number of ketones is 1. The number of benzene rings is 1. The summed E-state index contributed by atoms with van der Waals surface area (Å²) < 4.78 is 0. The van der Waals surface area contributed by atoms with Crippen molar-refractivity contribution in [1.82, 2.24) is 4.90 Å². The fourth-order valence-corrected chi connectivity index (χ4v) is 2.67. The highest BCUT2D eigenvalue weighted by molar-refractivity contribution is 5.97. The maximum atomic E-state index is 12.3. The highest BCUT2D eigenvalue weighted by Gasteiger charge is 2.29. The second kappa shape index (κ2) is 5.43. The van der Waals surface area contributed by atoms with E-state index in [1.165, 1.54) is 5.56 Å². The third-order valence-electron chi connectivity index (χ3n) is 3.95. The van der Waals surface area contributed by atoms with Crippen molar-refractivity contribution in [2.24, 2.45) is 0 Å². The Bertz CT molecular complexity index is 480. The second-order valence-corrected chi connectivity index (χ2v) is 6.03. The topological polar surface area (TPSA) is 40.5 Å². The molecular weight excluding hydrogens is 238 g/mol. The molecule has 1 atom stereocenters. The van der Waals surface area contributed by atoms with Crippen LogP contribution < -0.4 is 0 Å². The fraction of sp³-hybridized carbons (Fsp3) is 0.562. The van der Waals surface area contributed by atoms with E-state index in [-0.39, 0.29) is 5.78 Å². The second-order valence-electron chi connectivity index (χ2n) is 6.03. The van der Waals surface area contributed by atoms with Crippen molar-refractivity contribution < 1.29 is 9.90 Å². The summed E-state index contributed by atoms with van der Waals surface area (Å²) in [7, 11) is 0. The van der Waals surface area contributed by atoms with Gasteiger partial charge in [0.15, 0.2) is 5.78 Å². The summed E-state index contributed by atoms with van der Waals surface area (Å²) in [6.45, 7) is 7.80. The first kappa shape index (κ1) is 14.2. The zero-order valence-electron chi connectivity index (χ0n) is 12.1. The number of piperidine rings is 1. The smallest absolute Gasteiger partial charge is 0.176 e. The summed E-state index contributed by atoms with van der Waals surface area (Å²) in [6.07, 6.45) is 1.77. The molecule has 1 unspecified atom stereocenters. The molecule has 3 nitrogen and oxygen atoms in total. The van der Waals surface area contributed by atoms with Crippen molar-refractivity contribution >= 4 is 5.78 Å². The lowest BCUT2D eigenvalue weighted by Crippen LogP contribution is -2.47. The van der Waals surface area contributed by atoms with E-state index in [2.05, 4.69) is 4.90 Å². The first-order chi connectivity index (χ1) is 8.87. The molecule has 0 spiro atoms. The minimum atomic E-state index is -0.651. The lowest BCUT2D eigenvalue weighted by atomic mass is 9.94. The molecular formula is C16H23NO2. The standard InChI is InChI=1S/C16H23NO2/c1-12-5-6-14(9-13(12)2)15(18)10-17-8-4-7-16(3,19)11-17/h5-6,9,19H,4,7-8,10-11H2,1-3H3. The zero-order chi connectivity index (χ0) is 14.0. The molecule has 1 heterocycles. The maximum Gasteiger partial charge on any atom is 0.176 e. The predicted octanol–water partition coefficient (Wildman–Crippen LogP) is 2.33.